The third-order valence-electron chi connectivity index (χ3n) is 5.66. The Hall–Kier alpha value is -3.58. The average Bonchev–Trinajstić information content (AvgIpc) is 3.26. The van der Waals surface area contributed by atoms with E-state index in [4.69, 9.17) is 0 Å². The van der Waals surface area contributed by atoms with E-state index in [-0.39, 0.29) is 12.6 Å². The minimum absolute atomic E-state index is 0.256. The molecule has 0 aliphatic rings. The van der Waals surface area contributed by atoms with E-state index in [0.29, 0.717) is 5.82 Å². The molecule has 0 atom stereocenters. The summed E-state index contributed by atoms with van der Waals surface area (Å²) in [5.41, 5.74) is 6.57. The molecule has 34 heavy (non-hydrogen) atoms. The molecule has 4 rings (SSSR count). The molecular formula is C27H29N5OS. The van der Waals surface area contributed by atoms with Crippen LogP contribution in [0.15, 0.2) is 78.0 Å². The molecule has 0 bridgehead atoms. The van der Waals surface area contributed by atoms with Crippen molar-refractivity contribution in [3.8, 4) is 5.69 Å². The van der Waals surface area contributed by atoms with Crippen molar-refractivity contribution in [1.82, 2.24) is 20.1 Å². The number of urea groups is 1. The standard InChI is InChI=1S/C27H29N5OS/c1-4-21-10-7-8-12-24(21)29-26(33)28-17-25-30-31-27(32(25)23-15-13-19(2)14-16-23)34-18-22-11-6-5-9-20(22)3/h5-16H,4,17-18H2,1-3H3,(H2,28,29,33). The van der Waals surface area contributed by atoms with E-state index in [1.807, 2.05) is 34.9 Å². The highest BCUT2D eigenvalue weighted by molar-refractivity contribution is 7.98. The summed E-state index contributed by atoms with van der Waals surface area (Å²) in [5, 5.41) is 15.5. The summed E-state index contributed by atoms with van der Waals surface area (Å²) < 4.78 is 2.02. The number of benzene rings is 3. The van der Waals surface area contributed by atoms with Crippen molar-refractivity contribution < 1.29 is 4.79 Å². The first-order chi connectivity index (χ1) is 16.5. The second kappa shape index (κ2) is 11.0. The Kier molecular flexibility index (Phi) is 7.65. The zero-order chi connectivity index (χ0) is 23.9. The van der Waals surface area contributed by atoms with E-state index in [9.17, 15) is 4.79 Å². The summed E-state index contributed by atoms with van der Waals surface area (Å²) >= 11 is 1.64. The van der Waals surface area contributed by atoms with Crippen molar-refractivity contribution >= 4 is 23.5 Å². The van der Waals surface area contributed by atoms with Crippen molar-refractivity contribution in [3.63, 3.8) is 0 Å². The van der Waals surface area contributed by atoms with Crippen LogP contribution in [0.4, 0.5) is 10.5 Å². The first kappa shape index (κ1) is 23.6. The van der Waals surface area contributed by atoms with Gasteiger partial charge in [-0.3, -0.25) is 4.57 Å². The molecule has 0 radical (unpaired) electrons. The number of para-hydroxylation sites is 1. The predicted molar refractivity (Wildman–Crippen MR) is 139 cm³/mol. The zero-order valence-electron chi connectivity index (χ0n) is 19.7. The zero-order valence-corrected chi connectivity index (χ0v) is 20.5. The number of nitrogens with zero attached hydrogens (tertiary/aromatic N) is 3. The Bertz CT molecular complexity index is 1270. The average molecular weight is 472 g/mol. The van der Waals surface area contributed by atoms with Crippen LogP contribution in [0, 0.1) is 13.8 Å². The Balaban J connectivity index is 1.52. The van der Waals surface area contributed by atoms with Crippen molar-refractivity contribution in [2.75, 3.05) is 5.32 Å². The largest absolute Gasteiger partial charge is 0.331 e. The third-order valence-corrected chi connectivity index (χ3v) is 6.64. The van der Waals surface area contributed by atoms with Crippen LogP contribution in [0.5, 0.6) is 0 Å². The smallest absolute Gasteiger partial charge is 0.319 e. The lowest BCUT2D eigenvalue weighted by Crippen LogP contribution is -2.29. The maximum Gasteiger partial charge on any atom is 0.319 e. The molecule has 1 aromatic heterocycles. The van der Waals surface area contributed by atoms with E-state index in [1.165, 1.54) is 16.7 Å². The van der Waals surface area contributed by atoms with E-state index < -0.39 is 0 Å². The highest BCUT2D eigenvalue weighted by Gasteiger charge is 2.16. The lowest BCUT2D eigenvalue weighted by molar-refractivity contribution is 0.251. The Morgan fingerprint density at radius 1 is 0.912 bits per heavy atom. The van der Waals surface area contributed by atoms with Crippen LogP contribution in [0.2, 0.25) is 0 Å². The molecule has 0 saturated heterocycles. The van der Waals surface area contributed by atoms with Gasteiger partial charge in [0.05, 0.1) is 6.54 Å². The van der Waals surface area contributed by atoms with Crippen LogP contribution in [0.25, 0.3) is 5.69 Å². The molecule has 2 amide bonds. The Labute approximate surface area is 204 Å². The highest BCUT2D eigenvalue weighted by atomic mass is 32.2. The number of rotatable bonds is 8. The molecule has 3 aromatic carbocycles. The molecule has 4 aromatic rings. The summed E-state index contributed by atoms with van der Waals surface area (Å²) in [6.07, 6.45) is 0.847. The minimum Gasteiger partial charge on any atom is -0.331 e. The van der Waals surface area contributed by atoms with Gasteiger partial charge in [0.1, 0.15) is 0 Å². The fourth-order valence-electron chi connectivity index (χ4n) is 3.65. The SMILES string of the molecule is CCc1ccccc1NC(=O)NCc1nnc(SCc2ccccc2C)n1-c1ccc(C)cc1. The number of carbonyl (C=O) groups excluding carboxylic acids is 1. The van der Waals surface area contributed by atoms with Crippen LogP contribution >= 0.6 is 11.8 Å². The van der Waals surface area contributed by atoms with Crippen LogP contribution in [-0.4, -0.2) is 20.8 Å². The number of nitrogens with one attached hydrogen (secondary N) is 2. The second-order valence-corrected chi connectivity index (χ2v) is 9.05. The van der Waals surface area contributed by atoms with E-state index in [2.05, 4.69) is 84.1 Å². The maximum absolute atomic E-state index is 12.6. The number of carbonyl (C=O) groups is 1. The van der Waals surface area contributed by atoms with Crippen molar-refractivity contribution in [2.24, 2.45) is 0 Å². The van der Waals surface area contributed by atoms with E-state index in [0.717, 1.165) is 34.3 Å². The summed E-state index contributed by atoms with van der Waals surface area (Å²) in [6, 6.07) is 24.1. The van der Waals surface area contributed by atoms with Gasteiger partial charge in [0.25, 0.3) is 0 Å². The number of thioether (sulfide) groups is 1. The van der Waals surface area contributed by atoms with Crippen LogP contribution < -0.4 is 10.6 Å². The monoisotopic (exact) mass is 471 g/mol. The fraction of sp³-hybridized carbons (Fsp3) is 0.222. The lowest BCUT2D eigenvalue weighted by Gasteiger charge is -2.13. The van der Waals surface area contributed by atoms with Crippen molar-refractivity contribution in [3.05, 3.63) is 101 Å². The lowest BCUT2D eigenvalue weighted by atomic mass is 10.1. The first-order valence-electron chi connectivity index (χ1n) is 11.4. The quantitative estimate of drug-likeness (QED) is 0.306. The number of amides is 2. The third kappa shape index (κ3) is 5.66. The minimum atomic E-state index is -0.270. The van der Waals surface area contributed by atoms with Crippen LogP contribution in [0.1, 0.15) is 35.0 Å². The topological polar surface area (TPSA) is 71.8 Å². The molecule has 0 spiro atoms. The molecule has 0 unspecified atom stereocenters. The molecule has 2 N–H and O–H groups in total. The van der Waals surface area contributed by atoms with Gasteiger partial charge in [0.2, 0.25) is 0 Å². The Morgan fingerprint density at radius 3 is 2.35 bits per heavy atom. The number of aromatic nitrogens is 3. The molecule has 6 nitrogen and oxygen atoms in total. The summed E-state index contributed by atoms with van der Waals surface area (Å²) in [6.45, 7) is 6.50. The van der Waals surface area contributed by atoms with Gasteiger partial charge in [-0.2, -0.15) is 0 Å². The van der Waals surface area contributed by atoms with Crippen LogP contribution in [0.3, 0.4) is 0 Å². The molecule has 1 heterocycles. The predicted octanol–water partition coefficient (Wildman–Crippen LogP) is 6.06. The van der Waals surface area contributed by atoms with Crippen molar-refractivity contribution in [1.29, 1.82) is 0 Å². The number of hydrogen-bond donors (Lipinski definition) is 2. The summed E-state index contributed by atoms with van der Waals surface area (Å²) in [4.78, 5) is 12.6. The van der Waals surface area contributed by atoms with E-state index in [1.54, 1.807) is 11.8 Å². The number of aryl methyl sites for hydroxylation is 3. The maximum atomic E-state index is 12.6. The molecule has 0 aliphatic carbocycles. The molecule has 174 valence electrons. The highest BCUT2D eigenvalue weighted by Crippen LogP contribution is 2.26. The van der Waals surface area contributed by atoms with Crippen molar-refractivity contribution in [2.45, 2.75) is 44.6 Å². The van der Waals surface area contributed by atoms with Gasteiger partial charge >= 0.3 is 6.03 Å². The van der Waals surface area contributed by atoms with Gasteiger partial charge in [-0.1, -0.05) is 78.8 Å². The molecule has 0 saturated carbocycles. The van der Waals surface area contributed by atoms with Gasteiger partial charge < -0.3 is 10.6 Å². The Morgan fingerprint density at radius 2 is 1.62 bits per heavy atom. The van der Waals surface area contributed by atoms with Gasteiger partial charge in [-0.15, -0.1) is 10.2 Å². The number of hydrogen-bond acceptors (Lipinski definition) is 4. The summed E-state index contributed by atoms with van der Waals surface area (Å²) in [5.74, 6) is 1.47. The van der Waals surface area contributed by atoms with Gasteiger partial charge in [-0.05, 0) is 55.2 Å². The number of anilines is 1. The first-order valence-corrected chi connectivity index (χ1v) is 12.3. The second-order valence-electron chi connectivity index (χ2n) is 8.10. The van der Waals surface area contributed by atoms with Gasteiger partial charge in [-0.25, -0.2) is 4.79 Å². The molecule has 7 heteroatoms. The molecular weight excluding hydrogens is 442 g/mol. The molecule has 0 fully saturated rings. The summed E-state index contributed by atoms with van der Waals surface area (Å²) in [7, 11) is 0. The van der Waals surface area contributed by atoms with Gasteiger partial charge in [0, 0.05) is 17.1 Å². The van der Waals surface area contributed by atoms with Crippen LogP contribution in [-0.2, 0) is 18.7 Å². The fourth-order valence-corrected chi connectivity index (χ4v) is 4.70. The van der Waals surface area contributed by atoms with E-state index >= 15 is 0 Å². The normalized spacial score (nSPS) is 10.8. The van der Waals surface area contributed by atoms with Gasteiger partial charge in [0.15, 0.2) is 11.0 Å². The molecule has 0 aliphatic heterocycles.